The first-order valence-electron chi connectivity index (χ1n) is 5.82. The number of nitrogens with zero attached hydrogens (tertiary/aromatic N) is 1. The van der Waals surface area contributed by atoms with Gasteiger partial charge in [-0.15, -0.1) is 0 Å². The number of hydrogen-bond donors (Lipinski definition) is 2. The van der Waals surface area contributed by atoms with E-state index in [1.54, 1.807) is 0 Å². The SMILES string of the molecule is CN1CCC(NCCCCCC(=O)O)C1. The summed E-state index contributed by atoms with van der Waals surface area (Å²) in [6, 6.07) is 0.648. The Morgan fingerprint density at radius 3 is 2.87 bits per heavy atom. The van der Waals surface area contributed by atoms with Gasteiger partial charge in [0.05, 0.1) is 0 Å². The van der Waals surface area contributed by atoms with Crippen LogP contribution in [0.25, 0.3) is 0 Å². The summed E-state index contributed by atoms with van der Waals surface area (Å²) in [5.41, 5.74) is 0. The molecule has 88 valence electrons. The standard InChI is InChI=1S/C11H22N2O2/c1-13-8-6-10(9-13)12-7-4-2-3-5-11(14)15/h10,12H,2-9H2,1H3,(H,14,15). The lowest BCUT2D eigenvalue weighted by atomic mass is 10.2. The van der Waals surface area contributed by atoms with E-state index in [0.29, 0.717) is 12.5 Å². The molecule has 4 nitrogen and oxygen atoms in total. The van der Waals surface area contributed by atoms with Gasteiger partial charge in [-0.1, -0.05) is 6.42 Å². The van der Waals surface area contributed by atoms with Crippen molar-refractivity contribution in [2.45, 2.75) is 38.1 Å². The van der Waals surface area contributed by atoms with Crippen molar-refractivity contribution >= 4 is 5.97 Å². The fraction of sp³-hybridized carbons (Fsp3) is 0.909. The summed E-state index contributed by atoms with van der Waals surface area (Å²) in [5.74, 6) is -0.680. The third kappa shape index (κ3) is 5.74. The molecule has 1 saturated heterocycles. The molecular weight excluding hydrogens is 192 g/mol. The first-order valence-corrected chi connectivity index (χ1v) is 5.82. The Hall–Kier alpha value is -0.610. The summed E-state index contributed by atoms with van der Waals surface area (Å²) in [5, 5.41) is 12.0. The fourth-order valence-electron chi connectivity index (χ4n) is 1.99. The maximum Gasteiger partial charge on any atom is 0.303 e. The zero-order valence-electron chi connectivity index (χ0n) is 9.54. The second-order valence-corrected chi connectivity index (χ2v) is 4.41. The van der Waals surface area contributed by atoms with E-state index < -0.39 is 5.97 Å². The third-order valence-corrected chi connectivity index (χ3v) is 2.89. The van der Waals surface area contributed by atoms with Crippen molar-refractivity contribution < 1.29 is 9.90 Å². The number of carboxylic acid groups (broad SMARTS) is 1. The molecule has 0 aromatic rings. The molecule has 1 unspecified atom stereocenters. The lowest BCUT2D eigenvalue weighted by Crippen LogP contribution is -2.32. The highest BCUT2D eigenvalue weighted by atomic mass is 16.4. The van der Waals surface area contributed by atoms with Crippen LogP contribution in [0.3, 0.4) is 0 Å². The molecule has 1 fully saturated rings. The van der Waals surface area contributed by atoms with Gasteiger partial charge in [0.25, 0.3) is 0 Å². The quantitative estimate of drug-likeness (QED) is 0.619. The molecule has 1 rings (SSSR count). The highest BCUT2D eigenvalue weighted by Gasteiger charge is 2.17. The number of unbranched alkanes of at least 4 members (excludes halogenated alkanes) is 2. The van der Waals surface area contributed by atoms with Crippen molar-refractivity contribution in [1.82, 2.24) is 10.2 Å². The zero-order chi connectivity index (χ0) is 11.1. The largest absolute Gasteiger partial charge is 0.481 e. The number of hydrogen-bond acceptors (Lipinski definition) is 3. The minimum atomic E-state index is -0.680. The van der Waals surface area contributed by atoms with Gasteiger partial charge in [0.1, 0.15) is 0 Å². The van der Waals surface area contributed by atoms with Crippen LogP contribution in [-0.4, -0.2) is 48.7 Å². The van der Waals surface area contributed by atoms with Crippen LogP contribution >= 0.6 is 0 Å². The van der Waals surface area contributed by atoms with Crippen molar-refractivity contribution in [3.8, 4) is 0 Å². The van der Waals surface area contributed by atoms with Gasteiger partial charge < -0.3 is 15.3 Å². The van der Waals surface area contributed by atoms with Gasteiger partial charge in [0.2, 0.25) is 0 Å². The molecule has 0 spiro atoms. The maximum atomic E-state index is 10.3. The fourth-order valence-corrected chi connectivity index (χ4v) is 1.99. The summed E-state index contributed by atoms with van der Waals surface area (Å²) in [6.45, 7) is 3.37. The molecule has 4 heteroatoms. The van der Waals surface area contributed by atoms with E-state index in [-0.39, 0.29) is 0 Å². The summed E-state index contributed by atoms with van der Waals surface area (Å²) < 4.78 is 0. The summed E-state index contributed by atoms with van der Waals surface area (Å²) in [7, 11) is 2.15. The number of carbonyl (C=O) groups is 1. The normalized spacial score (nSPS) is 22.1. The van der Waals surface area contributed by atoms with E-state index in [9.17, 15) is 4.79 Å². The molecule has 0 aliphatic carbocycles. The Kier molecular flexibility index (Phi) is 5.65. The first-order chi connectivity index (χ1) is 7.18. The molecule has 0 aromatic carbocycles. The van der Waals surface area contributed by atoms with Gasteiger partial charge in [-0.05, 0) is 39.4 Å². The third-order valence-electron chi connectivity index (χ3n) is 2.89. The first kappa shape index (κ1) is 12.5. The van der Waals surface area contributed by atoms with E-state index in [4.69, 9.17) is 5.11 Å². The Balaban J connectivity index is 1.87. The Morgan fingerprint density at radius 2 is 2.27 bits per heavy atom. The smallest absolute Gasteiger partial charge is 0.303 e. The number of nitrogens with one attached hydrogen (secondary N) is 1. The maximum absolute atomic E-state index is 10.3. The monoisotopic (exact) mass is 214 g/mol. The predicted molar refractivity (Wildman–Crippen MR) is 60.0 cm³/mol. The van der Waals surface area contributed by atoms with Gasteiger partial charge >= 0.3 is 5.97 Å². The van der Waals surface area contributed by atoms with E-state index in [2.05, 4.69) is 17.3 Å². The molecular formula is C11H22N2O2. The molecule has 0 aromatic heterocycles. The molecule has 2 N–H and O–H groups in total. The Bertz CT molecular complexity index is 197. The molecule has 15 heavy (non-hydrogen) atoms. The predicted octanol–water partition coefficient (Wildman–Crippen LogP) is 0.925. The van der Waals surface area contributed by atoms with Gasteiger partial charge in [-0.2, -0.15) is 0 Å². The van der Waals surface area contributed by atoms with Crippen LogP contribution in [0.2, 0.25) is 0 Å². The van der Waals surface area contributed by atoms with Gasteiger partial charge in [0.15, 0.2) is 0 Å². The molecule has 1 aliphatic rings. The number of aliphatic carboxylic acids is 1. The second kappa shape index (κ2) is 6.80. The van der Waals surface area contributed by atoms with E-state index in [0.717, 1.165) is 32.4 Å². The van der Waals surface area contributed by atoms with Crippen molar-refractivity contribution in [2.24, 2.45) is 0 Å². The highest BCUT2D eigenvalue weighted by molar-refractivity contribution is 5.66. The summed E-state index contributed by atoms with van der Waals surface area (Å²) in [6.07, 6.45) is 4.47. The second-order valence-electron chi connectivity index (χ2n) is 4.41. The van der Waals surface area contributed by atoms with E-state index >= 15 is 0 Å². The van der Waals surface area contributed by atoms with E-state index in [1.165, 1.54) is 13.0 Å². The van der Waals surface area contributed by atoms with Crippen LogP contribution < -0.4 is 5.32 Å². The molecule has 0 amide bonds. The zero-order valence-corrected chi connectivity index (χ0v) is 9.54. The number of likely N-dealkylation sites (tertiary alicyclic amines) is 1. The minimum Gasteiger partial charge on any atom is -0.481 e. The minimum absolute atomic E-state index is 0.312. The van der Waals surface area contributed by atoms with Gasteiger partial charge in [-0.25, -0.2) is 0 Å². The van der Waals surface area contributed by atoms with Crippen molar-refractivity contribution in [2.75, 3.05) is 26.7 Å². The van der Waals surface area contributed by atoms with Gasteiger partial charge in [-0.3, -0.25) is 4.79 Å². The van der Waals surface area contributed by atoms with E-state index in [1.807, 2.05) is 0 Å². The summed E-state index contributed by atoms with van der Waals surface area (Å²) >= 11 is 0. The number of likely N-dealkylation sites (N-methyl/N-ethyl adjacent to an activating group) is 1. The van der Waals surface area contributed by atoms with Crippen LogP contribution in [-0.2, 0) is 4.79 Å². The molecule has 0 bridgehead atoms. The molecule has 0 saturated carbocycles. The molecule has 1 heterocycles. The number of rotatable bonds is 7. The van der Waals surface area contributed by atoms with Crippen LogP contribution in [0.15, 0.2) is 0 Å². The molecule has 1 aliphatic heterocycles. The Morgan fingerprint density at radius 1 is 1.47 bits per heavy atom. The van der Waals surface area contributed by atoms with Crippen molar-refractivity contribution in [3.05, 3.63) is 0 Å². The van der Waals surface area contributed by atoms with Crippen LogP contribution in [0.5, 0.6) is 0 Å². The number of carboxylic acids is 1. The summed E-state index contributed by atoms with van der Waals surface area (Å²) in [4.78, 5) is 12.6. The van der Waals surface area contributed by atoms with Crippen LogP contribution in [0.1, 0.15) is 32.1 Å². The average molecular weight is 214 g/mol. The lowest BCUT2D eigenvalue weighted by molar-refractivity contribution is -0.137. The van der Waals surface area contributed by atoms with Crippen molar-refractivity contribution in [1.29, 1.82) is 0 Å². The average Bonchev–Trinajstić information content (AvgIpc) is 2.57. The van der Waals surface area contributed by atoms with Crippen LogP contribution in [0.4, 0.5) is 0 Å². The topological polar surface area (TPSA) is 52.6 Å². The molecule has 1 atom stereocenters. The van der Waals surface area contributed by atoms with Gasteiger partial charge in [0, 0.05) is 19.0 Å². The lowest BCUT2D eigenvalue weighted by Gasteiger charge is -2.12. The highest BCUT2D eigenvalue weighted by Crippen LogP contribution is 2.06. The molecule has 0 radical (unpaired) electrons. The Labute approximate surface area is 91.6 Å². The van der Waals surface area contributed by atoms with Crippen molar-refractivity contribution in [3.63, 3.8) is 0 Å². The van der Waals surface area contributed by atoms with Crippen LogP contribution in [0, 0.1) is 0 Å².